The largest absolute Gasteiger partial charge is 0.480 e. The second-order valence-electron chi connectivity index (χ2n) is 5.36. The second-order valence-corrected chi connectivity index (χ2v) is 6.92. The van der Waals surface area contributed by atoms with E-state index in [1.165, 1.54) is 11.0 Å². The Kier molecular flexibility index (Phi) is 3.75. The molecule has 1 aliphatic heterocycles. The first-order valence-electron chi connectivity index (χ1n) is 6.71. The first kappa shape index (κ1) is 14.5. The summed E-state index contributed by atoms with van der Waals surface area (Å²) in [6.07, 6.45) is 2.10. The maximum absolute atomic E-state index is 12.7. The van der Waals surface area contributed by atoms with Crippen LogP contribution in [0.15, 0.2) is 18.2 Å². The molecule has 21 heavy (non-hydrogen) atoms. The predicted molar refractivity (Wildman–Crippen MR) is 82.4 cm³/mol. The van der Waals surface area contributed by atoms with Gasteiger partial charge in [-0.3, -0.25) is 4.79 Å². The van der Waals surface area contributed by atoms with Crippen LogP contribution in [0.1, 0.15) is 23.2 Å². The molecule has 1 saturated carbocycles. The Morgan fingerprint density at radius 1 is 1.38 bits per heavy atom. The minimum atomic E-state index is -0.957. The van der Waals surface area contributed by atoms with Crippen molar-refractivity contribution in [1.82, 2.24) is 4.90 Å². The van der Waals surface area contributed by atoms with E-state index >= 15 is 0 Å². The summed E-state index contributed by atoms with van der Waals surface area (Å²) in [6.45, 7) is 0. The molecule has 1 amide bonds. The van der Waals surface area contributed by atoms with E-state index in [9.17, 15) is 14.7 Å². The van der Waals surface area contributed by atoms with Gasteiger partial charge in [-0.15, -0.1) is 11.8 Å². The van der Waals surface area contributed by atoms with Gasteiger partial charge in [-0.2, -0.15) is 0 Å². The maximum atomic E-state index is 12.7. The number of hydrogen-bond donors (Lipinski definition) is 2. The summed E-state index contributed by atoms with van der Waals surface area (Å²) in [6, 6.07) is 3.89. The summed E-state index contributed by atoms with van der Waals surface area (Å²) in [5.41, 5.74) is 6.44. The average Bonchev–Trinajstić information content (AvgIpc) is 3.19. The van der Waals surface area contributed by atoms with Crippen LogP contribution in [-0.4, -0.2) is 39.1 Å². The van der Waals surface area contributed by atoms with Crippen LogP contribution in [0.2, 0.25) is 5.02 Å². The number of rotatable bonds is 3. The molecule has 1 aromatic rings. The number of carbonyl (C=O) groups excluding carboxylic acids is 1. The normalized spacial score (nSPS) is 25.1. The molecule has 3 rings (SSSR count). The van der Waals surface area contributed by atoms with Crippen molar-refractivity contribution in [1.29, 1.82) is 0 Å². The molecule has 0 radical (unpaired) electrons. The number of carboxylic acids is 1. The molecule has 2 unspecified atom stereocenters. The van der Waals surface area contributed by atoms with Gasteiger partial charge in [0, 0.05) is 11.3 Å². The lowest BCUT2D eigenvalue weighted by atomic mass is 10.1. The standard InChI is InChI=1S/C14H15ClN2O3S/c15-9-4-3-8(5-10(9)16)12(18)17-11(14(19)20)6-21-13(17)7-1-2-7/h3-5,7,11,13H,1-2,6,16H2,(H,19,20). The van der Waals surface area contributed by atoms with Gasteiger partial charge in [0.25, 0.3) is 5.91 Å². The van der Waals surface area contributed by atoms with Crippen molar-refractivity contribution in [2.45, 2.75) is 24.3 Å². The van der Waals surface area contributed by atoms with E-state index in [-0.39, 0.29) is 11.3 Å². The first-order valence-corrected chi connectivity index (χ1v) is 8.14. The smallest absolute Gasteiger partial charge is 0.327 e. The third-order valence-corrected chi connectivity index (χ3v) is 5.63. The molecule has 1 aliphatic carbocycles. The van der Waals surface area contributed by atoms with Crippen molar-refractivity contribution in [2.75, 3.05) is 11.5 Å². The SMILES string of the molecule is Nc1cc(C(=O)N2C(C(=O)O)CSC2C2CC2)ccc1Cl. The number of anilines is 1. The van der Waals surface area contributed by atoms with Gasteiger partial charge in [-0.05, 0) is 37.0 Å². The topological polar surface area (TPSA) is 83.6 Å². The van der Waals surface area contributed by atoms with E-state index in [2.05, 4.69) is 0 Å². The summed E-state index contributed by atoms with van der Waals surface area (Å²) >= 11 is 7.42. The number of carboxylic acid groups (broad SMARTS) is 1. The minimum Gasteiger partial charge on any atom is -0.480 e. The van der Waals surface area contributed by atoms with Crippen LogP contribution in [0, 0.1) is 5.92 Å². The lowest BCUT2D eigenvalue weighted by molar-refractivity contribution is -0.141. The lowest BCUT2D eigenvalue weighted by Crippen LogP contribution is -2.46. The van der Waals surface area contributed by atoms with Crippen LogP contribution in [-0.2, 0) is 4.79 Å². The Morgan fingerprint density at radius 3 is 2.67 bits per heavy atom. The quantitative estimate of drug-likeness (QED) is 0.833. The van der Waals surface area contributed by atoms with Crippen LogP contribution < -0.4 is 5.73 Å². The number of nitrogens with zero attached hydrogens (tertiary/aromatic N) is 1. The summed E-state index contributed by atoms with van der Waals surface area (Å²) in [5, 5.41) is 9.68. The third kappa shape index (κ3) is 2.70. The molecule has 2 aliphatic rings. The van der Waals surface area contributed by atoms with Crippen molar-refractivity contribution in [3.63, 3.8) is 0 Å². The molecular weight excluding hydrogens is 312 g/mol. The minimum absolute atomic E-state index is 0.0458. The van der Waals surface area contributed by atoms with Crippen molar-refractivity contribution >= 4 is 40.9 Å². The van der Waals surface area contributed by atoms with Crippen LogP contribution in [0.5, 0.6) is 0 Å². The van der Waals surface area contributed by atoms with E-state index in [0.717, 1.165) is 12.8 Å². The highest BCUT2D eigenvalue weighted by Gasteiger charge is 2.48. The zero-order valence-electron chi connectivity index (χ0n) is 11.2. The fraction of sp³-hybridized carbons (Fsp3) is 0.429. The number of nitrogens with two attached hydrogens (primary N) is 1. The molecule has 1 heterocycles. The monoisotopic (exact) mass is 326 g/mol. The van der Waals surface area contributed by atoms with Gasteiger partial charge < -0.3 is 15.7 Å². The van der Waals surface area contributed by atoms with Gasteiger partial charge in [0.15, 0.2) is 0 Å². The number of nitrogen functional groups attached to an aromatic ring is 1. The highest BCUT2D eigenvalue weighted by atomic mass is 35.5. The molecule has 0 aromatic heterocycles. The molecule has 0 bridgehead atoms. The molecule has 3 N–H and O–H groups in total. The molecule has 7 heteroatoms. The van der Waals surface area contributed by atoms with Gasteiger partial charge in [0.05, 0.1) is 16.1 Å². The molecule has 1 saturated heterocycles. The Hall–Kier alpha value is -1.40. The van der Waals surface area contributed by atoms with Gasteiger partial charge in [-0.25, -0.2) is 4.79 Å². The molecule has 2 fully saturated rings. The Balaban J connectivity index is 1.91. The van der Waals surface area contributed by atoms with E-state index in [1.807, 2.05) is 0 Å². The number of hydrogen-bond acceptors (Lipinski definition) is 4. The van der Waals surface area contributed by atoms with Gasteiger partial charge in [0.2, 0.25) is 0 Å². The maximum Gasteiger partial charge on any atom is 0.327 e. The van der Waals surface area contributed by atoms with E-state index in [1.54, 1.807) is 23.9 Å². The van der Waals surface area contributed by atoms with Gasteiger partial charge >= 0.3 is 5.97 Å². The van der Waals surface area contributed by atoms with Gasteiger partial charge in [0.1, 0.15) is 6.04 Å². The number of benzene rings is 1. The van der Waals surface area contributed by atoms with Crippen LogP contribution in [0.4, 0.5) is 5.69 Å². The van der Waals surface area contributed by atoms with E-state index in [4.69, 9.17) is 17.3 Å². The number of thioether (sulfide) groups is 1. The zero-order chi connectivity index (χ0) is 15.1. The number of halogens is 1. The fourth-order valence-corrected chi connectivity index (χ4v) is 4.29. The summed E-state index contributed by atoms with van der Waals surface area (Å²) in [7, 11) is 0. The lowest BCUT2D eigenvalue weighted by Gasteiger charge is -2.27. The van der Waals surface area contributed by atoms with Crippen LogP contribution in [0.3, 0.4) is 0 Å². The molecule has 112 valence electrons. The predicted octanol–water partition coefficient (Wildman–Crippen LogP) is 2.30. The number of carbonyl (C=O) groups is 2. The summed E-state index contributed by atoms with van der Waals surface area (Å²) in [5.74, 6) is -0.396. The highest BCUT2D eigenvalue weighted by Crippen LogP contribution is 2.46. The summed E-state index contributed by atoms with van der Waals surface area (Å²) in [4.78, 5) is 25.6. The highest BCUT2D eigenvalue weighted by molar-refractivity contribution is 8.00. The second kappa shape index (κ2) is 5.42. The van der Waals surface area contributed by atoms with Crippen LogP contribution in [0.25, 0.3) is 0 Å². The van der Waals surface area contributed by atoms with Crippen molar-refractivity contribution in [3.8, 4) is 0 Å². The average molecular weight is 327 g/mol. The Bertz CT molecular complexity index is 606. The van der Waals surface area contributed by atoms with Crippen molar-refractivity contribution in [2.24, 2.45) is 5.92 Å². The molecule has 2 atom stereocenters. The fourth-order valence-electron chi connectivity index (χ4n) is 2.55. The van der Waals surface area contributed by atoms with E-state index < -0.39 is 12.0 Å². The Morgan fingerprint density at radius 2 is 2.10 bits per heavy atom. The zero-order valence-corrected chi connectivity index (χ0v) is 12.7. The van der Waals surface area contributed by atoms with Crippen molar-refractivity contribution in [3.05, 3.63) is 28.8 Å². The molecular formula is C14H15ClN2O3S. The van der Waals surface area contributed by atoms with Gasteiger partial charge in [-0.1, -0.05) is 11.6 Å². The van der Waals surface area contributed by atoms with E-state index in [0.29, 0.717) is 27.9 Å². The summed E-state index contributed by atoms with van der Waals surface area (Å²) < 4.78 is 0. The number of aliphatic carboxylic acids is 1. The molecule has 1 aromatic carbocycles. The number of amides is 1. The van der Waals surface area contributed by atoms with Crippen LogP contribution >= 0.6 is 23.4 Å². The first-order chi connectivity index (χ1) is 9.99. The molecule has 5 nitrogen and oxygen atoms in total. The third-order valence-electron chi connectivity index (χ3n) is 3.82. The Labute approximate surface area is 131 Å². The van der Waals surface area contributed by atoms with Crippen molar-refractivity contribution < 1.29 is 14.7 Å². The molecule has 0 spiro atoms.